The fourth-order valence-corrected chi connectivity index (χ4v) is 2.35. The molecular formula is C14H17N3OS. The molecule has 0 saturated heterocycles. The quantitative estimate of drug-likeness (QED) is 0.869. The molecule has 0 atom stereocenters. The van der Waals surface area contributed by atoms with E-state index in [0.717, 1.165) is 28.3 Å². The predicted molar refractivity (Wildman–Crippen MR) is 79.7 cm³/mol. The zero-order valence-electron chi connectivity index (χ0n) is 11.3. The van der Waals surface area contributed by atoms with Crippen molar-refractivity contribution in [2.75, 3.05) is 7.11 Å². The Kier molecular flexibility index (Phi) is 3.85. The van der Waals surface area contributed by atoms with Crippen molar-refractivity contribution in [2.24, 2.45) is 5.73 Å². The van der Waals surface area contributed by atoms with Gasteiger partial charge in [-0.3, -0.25) is 4.98 Å². The summed E-state index contributed by atoms with van der Waals surface area (Å²) in [5.74, 6) is 0.883. The molecule has 0 aliphatic rings. The number of pyridine rings is 1. The van der Waals surface area contributed by atoms with Crippen LogP contribution in [0.1, 0.15) is 22.5 Å². The lowest BCUT2D eigenvalue weighted by Crippen LogP contribution is -2.16. The summed E-state index contributed by atoms with van der Waals surface area (Å²) < 4.78 is 7.41. The van der Waals surface area contributed by atoms with Gasteiger partial charge in [-0.15, -0.1) is 0 Å². The Morgan fingerprint density at radius 3 is 2.84 bits per heavy atom. The van der Waals surface area contributed by atoms with Gasteiger partial charge in [0, 0.05) is 23.5 Å². The van der Waals surface area contributed by atoms with Crippen LogP contribution in [0.15, 0.2) is 24.5 Å². The summed E-state index contributed by atoms with van der Waals surface area (Å²) in [6.45, 7) is 4.62. The zero-order valence-corrected chi connectivity index (χ0v) is 12.1. The third-order valence-electron chi connectivity index (χ3n) is 3.15. The highest BCUT2D eigenvalue weighted by Crippen LogP contribution is 2.24. The highest BCUT2D eigenvalue weighted by Gasteiger charge is 2.11. The van der Waals surface area contributed by atoms with Gasteiger partial charge in [0.25, 0.3) is 0 Å². The van der Waals surface area contributed by atoms with Gasteiger partial charge in [-0.25, -0.2) is 0 Å². The molecule has 100 valence electrons. The van der Waals surface area contributed by atoms with E-state index in [-0.39, 0.29) is 0 Å². The molecule has 2 rings (SSSR count). The molecule has 2 aromatic rings. The number of nitrogens with two attached hydrogens (primary N) is 1. The average Bonchev–Trinajstić information content (AvgIpc) is 2.82. The van der Waals surface area contributed by atoms with E-state index >= 15 is 0 Å². The van der Waals surface area contributed by atoms with E-state index in [1.54, 1.807) is 7.11 Å². The Morgan fingerprint density at radius 2 is 2.21 bits per heavy atom. The van der Waals surface area contributed by atoms with E-state index in [1.807, 2.05) is 42.9 Å². The summed E-state index contributed by atoms with van der Waals surface area (Å²) in [6, 6.07) is 3.83. The van der Waals surface area contributed by atoms with Crippen LogP contribution in [0, 0.1) is 13.8 Å². The van der Waals surface area contributed by atoms with Crippen molar-refractivity contribution in [2.45, 2.75) is 20.4 Å². The number of aryl methyl sites for hydroxylation is 1. The van der Waals surface area contributed by atoms with Crippen LogP contribution >= 0.6 is 12.2 Å². The molecule has 19 heavy (non-hydrogen) atoms. The second kappa shape index (κ2) is 5.40. The molecule has 0 spiro atoms. The fourth-order valence-electron chi connectivity index (χ4n) is 2.17. The summed E-state index contributed by atoms with van der Waals surface area (Å²) in [4.78, 5) is 4.87. The normalized spacial score (nSPS) is 10.5. The molecule has 0 fully saturated rings. The second-order valence-corrected chi connectivity index (χ2v) is 4.87. The Bertz CT molecular complexity index is 619. The van der Waals surface area contributed by atoms with Crippen LogP contribution in [0.3, 0.4) is 0 Å². The average molecular weight is 275 g/mol. The number of hydrogen-bond acceptors (Lipinski definition) is 3. The van der Waals surface area contributed by atoms with Gasteiger partial charge in [-0.05, 0) is 26.0 Å². The molecule has 5 heteroatoms. The third kappa shape index (κ3) is 2.61. The number of hydrogen-bond donors (Lipinski definition) is 1. The Morgan fingerprint density at radius 1 is 1.47 bits per heavy atom. The number of nitrogens with zero attached hydrogens (tertiary/aromatic N) is 2. The van der Waals surface area contributed by atoms with Crippen LogP contribution in [-0.4, -0.2) is 21.6 Å². The van der Waals surface area contributed by atoms with E-state index in [0.29, 0.717) is 11.5 Å². The smallest absolute Gasteiger partial charge is 0.128 e. The van der Waals surface area contributed by atoms with Crippen LogP contribution in [0.25, 0.3) is 0 Å². The maximum Gasteiger partial charge on any atom is 0.128 e. The SMILES string of the molecule is COc1c(C)cnc(Cn2cccc2C(N)=S)c1C. The number of ether oxygens (including phenoxy) is 1. The highest BCUT2D eigenvalue weighted by molar-refractivity contribution is 7.80. The van der Waals surface area contributed by atoms with Crippen LogP contribution in [0.5, 0.6) is 5.75 Å². The molecule has 4 nitrogen and oxygen atoms in total. The first-order valence-electron chi connectivity index (χ1n) is 5.98. The van der Waals surface area contributed by atoms with Crippen molar-refractivity contribution in [1.82, 2.24) is 9.55 Å². The molecule has 0 aliphatic heterocycles. The zero-order chi connectivity index (χ0) is 14.0. The first kappa shape index (κ1) is 13.5. The summed E-state index contributed by atoms with van der Waals surface area (Å²) in [5, 5.41) is 0. The van der Waals surface area contributed by atoms with Crippen molar-refractivity contribution in [3.05, 3.63) is 47.0 Å². The molecule has 0 radical (unpaired) electrons. The maximum atomic E-state index is 5.70. The van der Waals surface area contributed by atoms with E-state index in [2.05, 4.69) is 4.98 Å². The number of aromatic nitrogens is 2. The fraction of sp³-hybridized carbons (Fsp3) is 0.286. The van der Waals surface area contributed by atoms with E-state index in [1.165, 1.54) is 0 Å². The molecule has 0 aliphatic carbocycles. The molecule has 2 aromatic heterocycles. The van der Waals surface area contributed by atoms with Gasteiger partial charge in [0.2, 0.25) is 0 Å². The first-order chi connectivity index (χ1) is 9.04. The number of methoxy groups -OCH3 is 1. The molecule has 0 bridgehead atoms. The minimum Gasteiger partial charge on any atom is -0.496 e. The summed E-state index contributed by atoms with van der Waals surface area (Å²) in [6.07, 6.45) is 3.77. The van der Waals surface area contributed by atoms with Crippen LogP contribution < -0.4 is 10.5 Å². The minimum absolute atomic E-state index is 0.390. The van der Waals surface area contributed by atoms with Gasteiger partial charge in [0.15, 0.2) is 0 Å². The lowest BCUT2D eigenvalue weighted by molar-refractivity contribution is 0.406. The summed E-state index contributed by atoms with van der Waals surface area (Å²) in [7, 11) is 1.68. The van der Waals surface area contributed by atoms with E-state index in [4.69, 9.17) is 22.7 Å². The number of rotatable bonds is 4. The van der Waals surface area contributed by atoms with Crippen molar-refractivity contribution in [1.29, 1.82) is 0 Å². The third-order valence-corrected chi connectivity index (χ3v) is 3.36. The van der Waals surface area contributed by atoms with Crippen LogP contribution in [-0.2, 0) is 6.54 Å². The monoisotopic (exact) mass is 275 g/mol. The van der Waals surface area contributed by atoms with Crippen molar-refractivity contribution < 1.29 is 4.74 Å². The predicted octanol–water partition coefficient (Wildman–Crippen LogP) is 2.19. The van der Waals surface area contributed by atoms with Crippen molar-refractivity contribution in [3.8, 4) is 5.75 Å². The van der Waals surface area contributed by atoms with Crippen molar-refractivity contribution in [3.63, 3.8) is 0 Å². The lowest BCUT2D eigenvalue weighted by Gasteiger charge is -2.14. The standard InChI is InChI=1S/C14H17N3OS/c1-9-7-16-11(10(2)13(9)18-3)8-17-6-4-5-12(17)14(15)19/h4-7H,8H2,1-3H3,(H2,15,19). The van der Waals surface area contributed by atoms with Gasteiger partial charge >= 0.3 is 0 Å². The number of thiocarbonyl (C=S) groups is 1. The topological polar surface area (TPSA) is 53.1 Å². The molecular weight excluding hydrogens is 258 g/mol. The van der Waals surface area contributed by atoms with Crippen molar-refractivity contribution >= 4 is 17.2 Å². The first-order valence-corrected chi connectivity index (χ1v) is 6.39. The van der Waals surface area contributed by atoms with Gasteiger partial charge in [0.1, 0.15) is 10.7 Å². The minimum atomic E-state index is 0.390. The Balaban J connectivity index is 2.39. The molecule has 2 heterocycles. The van der Waals surface area contributed by atoms with Gasteiger partial charge in [-0.2, -0.15) is 0 Å². The largest absolute Gasteiger partial charge is 0.496 e. The molecule has 0 aromatic carbocycles. The summed E-state index contributed by atoms with van der Waals surface area (Å²) in [5.41, 5.74) is 9.57. The van der Waals surface area contributed by atoms with Crippen LogP contribution in [0.4, 0.5) is 0 Å². The summed E-state index contributed by atoms with van der Waals surface area (Å²) >= 11 is 5.03. The van der Waals surface area contributed by atoms with E-state index < -0.39 is 0 Å². The Hall–Kier alpha value is -1.88. The molecule has 0 saturated carbocycles. The van der Waals surface area contributed by atoms with Gasteiger partial charge in [-0.1, -0.05) is 12.2 Å². The van der Waals surface area contributed by atoms with Gasteiger partial charge < -0.3 is 15.0 Å². The second-order valence-electron chi connectivity index (χ2n) is 4.43. The highest BCUT2D eigenvalue weighted by atomic mass is 32.1. The molecule has 0 unspecified atom stereocenters. The lowest BCUT2D eigenvalue weighted by atomic mass is 10.1. The van der Waals surface area contributed by atoms with Crippen LogP contribution in [0.2, 0.25) is 0 Å². The van der Waals surface area contributed by atoms with Gasteiger partial charge in [0.05, 0.1) is 25.0 Å². The Labute approximate surface area is 118 Å². The maximum absolute atomic E-state index is 5.70. The molecule has 0 amide bonds. The molecule has 2 N–H and O–H groups in total. The van der Waals surface area contributed by atoms with E-state index in [9.17, 15) is 0 Å².